The highest BCUT2D eigenvalue weighted by atomic mass is 35.5. The number of hydrogen-bond donors (Lipinski definition) is 1. The number of ether oxygens (including phenoxy) is 1. The average Bonchev–Trinajstić information content (AvgIpc) is 2.71. The molecule has 3 rings (SSSR count). The number of carbonyl (C=O) groups excluding carboxylic acids is 1. The number of piperazine rings is 1. The molecule has 168 valence electrons. The molecule has 0 bridgehead atoms. The second-order valence-corrected chi connectivity index (χ2v) is 7.99. The van der Waals surface area contributed by atoms with Gasteiger partial charge in [-0.2, -0.15) is 13.2 Å². The topological polar surface area (TPSA) is 57.7 Å². The number of alkyl halides is 3. The summed E-state index contributed by atoms with van der Waals surface area (Å²) < 4.78 is 43.1. The van der Waals surface area contributed by atoms with Crippen molar-refractivity contribution in [2.45, 2.75) is 25.7 Å². The Morgan fingerprint density at radius 3 is 2.65 bits per heavy atom. The van der Waals surface area contributed by atoms with Crippen molar-refractivity contribution < 1.29 is 22.7 Å². The Balaban J connectivity index is 1.80. The minimum atomic E-state index is -4.47. The van der Waals surface area contributed by atoms with Crippen LogP contribution in [0.1, 0.15) is 23.0 Å². The van der Waals surface area contributed by atoms with Crippen LogP contribution in [-0.4, -0.2) is 61.3 Å². The van der Waals surface area contributed by atoms with E-state index in [9.17, 15) is 18.0 Å². The molecule has 1 atom stereocenters. The molecule has 1 aromatic heterocycles. The molecule has 0 radical (unpaired) electrons. The first-order chi connectivity index (χ1) is 14.6. The van der Waals surface area contributed by atoms with Gasteiger partial charge in [-0.05, 0) is 37.7 Å². The summed E-state index contributed by atoms with van der Waals surface area (Å²) in [6.07, 6.45) is -3.29. The first kappa shape index (κ1) is 23.1. The molecule has 2 heterocycles. The van der Waals surface area contributed by atoms with E-state index in [4.69, 9.17) is 16.3 Å². The number of nitrogens with one attached hydrogen (secondary N) is 1. The summed E-state index contributed by atoms with van der Waals surface area (Å²) in [5.74, 6) is -0.427. The highest BCUT2D eigenvalue weighted by molar-refractivity contribution is 6.30. The van der Waals surface area contributed by atoms with Crippen molar-refractivity contribution in [3.63, 3.8) is 0 Å². The number of amides is 1. The lowest BCUT2D eigenvalue weighted by atomic mass is 10.1. The van der Waals surface area contributed by atoms with Gasteiger partial charge in [0.1, 0.15) is 5.69 Å². The third-order valence-electron chi connectivity index (χ3n) is 4.98. The fourth-order valence-corrected chi connectivity index (χ4v) is 3.55. The SMILES string of the molecule is CC1CN(C)CCN1c1cc(C(=O)NCc2ccc(Cl)cc2)ncc1OCC(F)(F)F. The lowest BCUT2D eigenvalue weighted by Gasteiger charge is -2.40. The second kappa shape index (κ2) is 9.74. The van der Waals surface area contributed by atoms with E-state index in [2.05, 4.69) is 15.2 Å². The van der Waals surface area contributed by atoms with E-state index in [-0.39, 0.29) is 24.0 Å². The Bertz CT molecular complexity index is 908. The molecule has 1 saturated heterocycles. The molecule has 6 nitrogen and oxygen atoms in total. The van der Waals surface area contributed by atoms with Gasteiger partial charge in [0.05, 0.1) is 11.9 Å². The van der Waals surface area contributed by atoms with Crippen LogP contribution in [0.5, 0.6) is 5.75 Å². The van der Waals surface area contributed by atoms with Crippen LogP contribution in [0.4, 0.5) is 18.9 Å². The van der Waals surface area contributed by atoms with Crippen molar-refractivity contribution in [2.75, 3.05) is 38.2 Å². The monoisotopic (exact) mass is 456 g/mol. The van der Waals surface area contributed by atoms with Crippen molar-refractivity contribution in [1.82, 2.24) is 15.2 Å². The number of anilines is 1. The molecule has 0 spiro atoms. The first-order valence-electron chi connectivity index (χ1n) is 9.80. The van der Waals surface area contributed by atoms with Crippen LogP contribution in [0.2, 0.25) is 5.02 Å². The molecule has 1 aliphatic rings. The van der Waals surface area contributed by atoms with Gasteiger partial charge in [0, 0.05) is 37.2 Å². The van der Waals surface area contributed by atoms with Gasteiger partial charge in [-0.3, -0.25) is 4.79 Å². The van der Waals surface area contributed by atoms with Gasteiger partial charge in [-0.25, -0.2) is 4.98 Å². The summed E-state index contributed by atoms with van der Waals surface area (Å²) in [4.78, 5) is 20.8. The minimum Gasteiger partial charge on any atom is -0.480 e. The quantitative estimate of drug-likeness (QED) is 0.717. The standard InChI is InChI=1S/C21H24ClF3N4O2/c1-14-12-28(2)7-8-29(14)18-9-17(26-11-19(18)31-13-21(23,24)25)20(30)27-10-15-3-5-16(22)6-4-15/h3-6,9,11,14H,7-8,10,12-13H2,1-2H3,(H,27,30). The molecule has 0 aliphatic carbocycles. The number of benzene rings is 1. The summed E-state index contributed by atoms with van der Waals surface area (Å²) in [7, 11) is 1.98. The largest absolute Gasteiger partial charge is 0.480 e. The van der Waals surface area contributed by atoms with E-state index < -0.39 is 18.7 Å². The average molecular weight is 457 g/mol. The number of nitrogens with zero attached hydrogens (tertiary/aromatic N) is 3. The Hall–Kier alpha value is -2.52. The van der Waals surface area contributed by atoms with E-state index in [1.54, 1.807) is 24.3 Å². The summed E-state index contributed by atoms with van der Waals surface area (Å²) in [6, 6.07) is 8.55. The molecule has 1 amide bonds. The normalized spacial score (nSPS) is 17.5. The summed E-state index contributed by atoms with van der Waals surface area (Å²) >= 11 is 5.86. The molecule has 1 fully saturated rings. The molecule has 1 aliphatic heterocycles. The fourth-order valence-electron chi connectivity index (χ4n) is 3.42. The van der Waals surface area contributed by atoms with Gasteiger partial charge in [-0.15, -0.1) is 0 Å². The number of hydrogen-bond acceptors (Lipinski definition) is 5. The lowest BCUT2D eigenvalue weighted by Crippen LogP contribution is -2.50. The molecular formula is C21H24ClF3N4O2. The predicted molar refractivity (Wildman–Crippen MR) is 113 cm³/mol. The lowest BCUT2D eigenvalue weighted by molar-refractivity contribution is -0.153. The molecule has 1 unspecified atom stereocenters. The Kier molecular flexibility index (Phi) is 7.27. The summed E-state index contributed by atoms with van der Waals surface area (Å²) in [6.45, 7) is 2.89. The number of pyridine rings is 1. The van der Waals surface area contributed by atoms with Crippen molar-refractivity contribution >= 4 is 23.2 Å². The van der Waals surface area contributed by atoms with E-state index >= 15 is 0 Å². The zero-order valence-electron chi connectivity index (χ0n) is 17.2. The Labute approximate surface area is 183 Å². The maximum absolute atomic E-state index is 12.7. The van der Waals surface area contributed by atoms with Crippen LogP contribution < -0.4 is 15.0 Å². The molecule has 1 N–H and O–H groups in total. The van der Waals surface area contributed by atoms with Crippen LogP contribution in [0.3, 0.4) is 0 Å². The van der Waals surface area contributed by atoms with Crippen LogP contribution >= 0.6 is 11.6 Å². The Morgan fingerprint density at radius 1 is 1.29 bits per heavy atom. The van der Waals surface area contributed by atoms with E-state index in [1.807, 2.05) is 18.9 Å². The zero-order valence-corrected chi connectivity index (χ0v) is 18.0. The molecular weight excluding hydrogens is 433 g/mol. The third kappa shape index (κ3) is 6.48. The van der Waals surface area contributed by atoms with E-state index in [0.717, 1.165) is 18.7 Å². The third-order valence-corrected chi connectivity index (χ3v) is 5.23. The predicted octanol–water partition coefficient (Wildman–Crippen LogP) is 3.75. The van der Waals surface area contributed by atoms with Crippen LogP contribution in [-0.2, 0) is 6.54 Å². The smallest absolute Gasteiger partial charge is 0.422 e. The molecule has 1 aromatic carbocycles. The number of carbonyl (C=O) groups is 1. The van der Waals surface area contributed by atoms with Gasteiger partial charge in [0.2, 0.25) is 0 Å². The highest BCUT2D eigenvalue weighted by Gasteiger charge is 2.31. The van der Waals surface area contributed by atoms with Gasteiger partial charge in [-0.1, -0.05) is 23.7 Å². The van der Waals surface area contributed by atoms with Crippen LogP contribution in [0.15, 0.2) is 36.5 Å². The highest BCUT2D eigenvalue weighted by Crippen LogP contribution is 2.32. The van der Waals surface area contributed by atoms with E-state index in [1.165, 1.54) is 12.3 Å². The second-order valence-electron chi connectivity index (χ2n) is 7.55. The molecule has 2 aromatic rings. The van der Waals surface area contributed by atoms with Crippen LogP contribution in [0, 0.1) is 0 Å². The van der Waals surface area contributed by atoms with Crippen molar-refractivity contribution in [3.05, 3.63) is 52.8 Å². The zero-order chi connectivity index (χ0) is 22.6. The van der Waals surface area contributed by atoms with Crippen molar-refractivity contribution in [3.8, 4) is 5.75 Å². The Morgan fingerprint density at radius 2 is 2.00 bits per heavy atom. The van der Waals surface area contributed by atoms with Gasteiger partial charge in [0.25, 0.3) is 5.91 Å². The maximum Gasteiger partial charge on any atom is 0.422 e. The molecule has 0 saturated carbocycles. The summed E-state index contributed by atoms with van der Waals surface area (Å²) in [5, 5.41) is 3.36. The maximum atomic E-state index is 12.7. The summed E-state index contributed by atoms with van der Waals surface area (Å²) in [5.41, 5.74) is 1.39. The number of aromatic nitrogens is 1. The minimum absolute atomic E-state index is 0.00276. The molecule has 31 heavy (non-hydrogen) atoms. The molecule has 10 heteroatoms. The van der Waals surface area contributed by atoms with Gasteiger partial charge >= 0.3 is 6.18 Å². The van der Waals surface area contributed by atoms with Gasteiger partial charge < -0.3 is 19.9 Å². The van der Waals surface area contributed by atoms with Gasteiger partial charge in [0.15, 0.2) is 12.4 Å². The van der Waals surface area contributed by atoms with Crippen molar-refractivity contribution in [2.24, 2.45) is 0 Å². The van der Waals surface area contributed by atoms with E-state index in [0.29, 0.717) is 17.3 Å². The number of rotatable bonds is 6. The van der Waals surface area contributed by atoms with Crippen LogP contribution in [0.25, 0.3) is 0 Å². The fraction of sp³-hybridized carbons (Fsp3) is 0.429. The number of halogens is 4. The number of likely N-dealkylation sites (N-methyl/N-ethyl adjacent to an activating group) is 1. The first-order valence-corrected chi connectivity index (χ1v) is 10.2. The van der Waals surface area contributed by atoms with Crippen molar-refractivity contribution in [1.29, 1.82) is 0 Å².